The zero-order chi connectivity index (χ0) is 19.1. The summed E-state index contributed by atoms with van der Waals surface area (Å²) in [7, 11) is 0. The SMILES string of the molecule is Cc1cccc2c1NC(c1cccc(-c3nc(C4CCCN4C#N)no3)c1)C2. The van der Waals surface area contributed by atoms with Crippen molar-refractivity contribution in [1.29, 1.82) is 5.26 Å². The monoisotopic (exact) mass is 371 g/mol. The van der Waals surface area contributed by atoms with E-state index in [9.17, 15) is 5.26 Å². The van der Waals surface area contributed by atoms with E-state index < -0.39 is 0 Å². The Morgan fingerprint density at radius 2 is 2.14 bits per heavy atom. The third-order valence-electron chi connectivity index (χ3n) is 5.76. The lowest BCUT2D eigenvalue weighted by atomic mass is 10.0. The van der Waals surface area contributed by atoms with Crippen LogP contribution in [0.15, 0.2) is 47.0 Å². The summed E-state index contributed by atoms with van der Waals surface area (Å²) in [5.74, 6) is 1.11. The fourth-order valence-corrected chi connectivity index (χ4v) is 4.28. The molecular formula is C22H21N5O. The number of hydrogen-bond donors (Lipinski definition) is 1. The van der Waals surface area contributed by atoms with Crippen LogP contribution in [0.4, 0.5) is 5.69 Å². The molecule has 0 saturated carbocycles. The van der Waals surface area contributed by atoms with E-state index >= 15 is 0 Å². The number of anilines is 1. The standard InChI is InChI=1S/C22H21N5O/c1-14-5-2-7-16-12-18(24-20(14)16)15-6-3-8-17(11-15)22-25-21(26-28-22)19-9-4-10-27(19)13-23/h2-3,5-8,11,18-19,24H,4,9-10,12H2,1H3. The maximum absolute atomic E-state index is 9.26. The Balaban J connectivity index is 1.40. The zero-order valence-electron chi connectivity index (χ0n) is 15.7. The number of hydrogen-bond acceptors (Lipinski definition) is 6. The van der Waals surface area contributed by atoms with Gasteiger partial charge in [-0.1, -0.05) is 35.5 Å². The second kappa shape index (κ2) is 6.68. The first-order valence-electron chi connectivity index (χ1n) is 9.68. The van der Waals surface area contributed by atoms with Gasteiger partial charge in [-0.2, -0.15) is 10.2 Å². The average Bonchev–Trinajstić information content (AvgIpc) is 3.46. The fraction of sp³-hybridized carbons (Fsp3) is 0.318. The number of nitrogens with one attached hydrogen (secondary N) is 1. The summed E-state index contributed by atoms with van der Waals surface area (Å²) in [6, 6.07) is 14.9. The molecule has 6 heteroatoms. The van der Waals surface area contributed by atoms with Crippen LogP contribution >= 0.6 is 0 Å². The summed E-state index contributed by atoms with van der Waals surface area (Å²) in [4.78, 5) is 6.32. The highest BCUT2D eigenvalue weighted by Crippen LogP contribution is 2.37. The Morgan fingerprint density at radius 1 is 1.25 bits per heavy atom. The molecule has 1 fully saturated rings. The Labute approximate surface area is 163 Å². The largest absolute Gasteiger partial charge is 0.377 e. The number of fused-ring (bicyclic) bond motifs is 1. The van der Waals surface area contributed by atoms with Crippen LogP contribution in [0.2, 0.25) is 0 Å². The third-order valence-corrected chi connectivity index (χ3v) is 5.76. The van der Waals surface area contributed by atoms with Gasteiger partial charge in [-0.25, -0.2) is 0 Å². The quantitative estimate of drug-likeness (QED) is 0.689. The number of likely N-dealkylation sites (tertiary alicyclic amines) is 1. The molecule has 0 spiro atoms. The van der Waals surface area contributed by atoms with Gasteiger partial charge in [-0.3, -0.25) is 4.90 Å². The number of nitrogens with zero attached hydrogens (tertiary/aromatic N) is 4. The Morgan fingerprint density at radius 3 is 3.00 bits per heavy atom. The van der Waals surface area contributed by atoms with E-state index in [1.807, 2.05) is 12.1 Å². The van der Waals surface area contributed by atoms with Crippen molar-refractivity contribution in [3.63, 3.8) is 0 Å². The van der Waals surface area contributed by atoms with Crippen molar-refractivity contribution in [2.75, 3.05) is 11.9 Å². The molecule has 0 amide bonds. The van der Waals surface area contributed by atoms with Gasteiger partial charge in [0.1, 0.15) is 6.04 Å². The second-order valence-electron chi connectivity index (χ2n) is 7.54. The number of para-hydroxylation sites is 1. The van der Waals surface area contributed by atoms with Crippen molar-refractivity contribution < 1.29 is 4.52 Å². The molecule has 0 aliphatic carbocycles. The predicted molar refractivity (Wildman–Crippen MR) is 105 cm³/mol. The normalized spacial score (nSPS) is 20.6. The second-order valence-corrected chi connectivity index (χ2v) is 7.54. The minimum absolute atomic E-state index is 0.0698. The van der Waals surface area contributed by atoms with Gasteiger partial charge in [0.05, 0.1) is 6.04 Å². The highest BCUT2D eigenvalue weighted by molar-refractivity contribution is 5.64. The number of nitriles is 1. The molecule has 0 bridgehead atoms. The molecule has 2 aliphatic heterocycles. The minimum Gasteiger partial charge on any atom is -0.377 e. The Bertz CT molecular complexity index is 1070. The Hall–Kier alpha value is -3.33. The van der Waals surface area contributed by atoms with Crippen LogP contribution in [0, 0.1) is 18.4 Å². The first-order valence-corrected chi connectivity index (χ1v) is 9.68. The van der Waals surface area contributed by atoms with Gasteiger partial charge in [0.15, 0.2) is 12.0 Å². The minimum atomic E-state index is -0.0698. The molecule has 2 unspecified atom stereocenters. The molecule has 1 N–H and O–H groups in total. The van der Waals surface area contributed by atoms with Gasteiger partial charge < -0.3 is 9.84 Å². The summed E-state index contributed by atoms with van der Waals surface area (Å²) in [5.41, 5.74) is 5.99. The topological polar surface area (TPSA) is 78.0 Å². The summed E-state index contributed by atoms with van der Waals surface area (Å²) >= 11 is 0. The predicted octanol–water partition coefficient (Wildman–Crippen LogP) is 4.37. The van der Waals surface area contributed by atoms with Crippen molar-refractivity contribution in [3.8, 4) is 17.6 Å². The first kappa shape index (κ1) is 16.8. The van der Waals surface area contributed by atoms with Crippen LogP contribution < -0.4 is 5.32 Å². The molecule has 2 aliphatic rings. The van der Waals surface area contributed by atoms with Crippen LogP contribution in [-0.2, 0) is 6.42 Å². The summed E-state index contributed by atoms with van der Waals surface area (Å²) in [6.07, 6.45) is 5.05. The summed E-state index contributed by atoms with van der Waals surface area (Å²) in [6.45, 7) is 2.89. The molecule has 6 nitrogen and oxygen atoms in total. The molecule has 140 valence electrons. The molecule has 2 atom stereocenters. The third kappa shape index (κ3) is 2.80. The van der Waals surface area contributed by atoms with Crippen LogP contribution in [0.3, 0.4) is 0 Å². The van der Waals surface area contributed by atoms with E-state index in [1.165, 1.54) is 22.4 Å². The molecule has 1 saturated heterocycles. The van der Waals surface area contributed by atoms with Gasteiger partial charge in [0.25, 0.3) is 5.89 Å². The van der Waals surface area contributed by atoms with Crippen LogP contribution in [0.25, 0.3) is 11.5 Å². The van der Waals surface area contributed by atoms with Gasteiger partial charge >= 0.3 is 0 Å². The lowest BCUT2D eigenvalue weighted by Gasteiger charge is -2.13. The fourth-order valence-electron chi connectivity index (χ4n) is 4.28. The van der Waals surface area contributed by atoms with E-state index in [0.29, 0.717) is 11.7 Å². The molecule has 3 aromatic rings. The van der Waals surface area contributed by atoms with Crippen molar-refractivity contribution in [2.24, 2.45) is 0 Å². The van der Waals surface area contributed by atoms with Crippen LogP contribution in [0.5, 0.6) is 0 Å². The maximum Gasteiger partial charge on any atom is 0.258 e. The van der Waals surface area contributed by atoms with E-state index in [1.54, 1.807) is 4.90 Å². The van der Waals surface area contributed by atoms with Crippen LogP contribution in [0.1, 0.15) is 47.4 Å². The number of rotatable bonds is 3. The van der Waals surface area contributed by atoms with Gasteiger partial charge in [-0.15, -0.1) is 0 Å². The van der Waals surface area contributed by atoms with E-state index in [4.69, 9.17) is 4.52 Å². The highest BCUT2D eigenvalue weighted by atomic mass is 16.5. The molecule has 0 radical (unpaired) electrons. The maximum atomic E-state index is 9.26. The number of aryl methyl sites for hydroxylation is 1. The number of benzene rings is 2. The highest BCUT2D eigenvalue weighted by Gasteiger charge is 2.30. The first-order chi connectivity index (χ1) is 13.7. The van der Waals surface area contributed by atoms with Gasteiger partial charge in [0, 0.05) is 17.8 Å². The molecule has 3 heterocycles. The van der Waals surface area contributed by atoms with E-state index in [0.717, 1.165) is 31.4 Å². The molecule has 2 aromatic carbocycles. The van der Waals surface area contributed by atoms with Crippen molar-refractivity contribution in [2.45, 2.75) is 38.3 Å². The van der Waals surface area contributed by atoms with Crippen molar-refractivity contribution >= 4 is 5.69 Å². The van der Waals surface area contributed by atoms with Crippen LogP contribution in [-0.4, -0.2) is 21.6 Å². The zero-order valence-corrected chi connectivity index (χ0v) is 15.7. The average molecular weight is 371 g/mol. The summed E-state index contributed by atoms with van der Waals surface area (Å²) < 4.78 is 5.54. The smallest absolute Gasteiger partial charge is 0.258 e. The number of aromatic nitrogens is 2. The van der Waals surface area contributed by atoms with Crippen molar-refractivity contribution in [1.82, 2.24) is 15.0 Å². The molecule has 28 heavy (non-hydrogen) atoms. The molecule has 5 rings (SSSR count). The van der Waals surface area contributed by atoms with E-state index in [-0.39, 0.29) is 12.1 Å². The van der Waals surface area contributed by atoms with Gasteiger partial charge in [-0.05, 0) is 55.0 Å². The molecular weight excluding hydrogens is 350 g/mol. The lowest BCUT2D eigenvalue weighted by molar-refractivity contribution is 0.339. The van der Waals surface area contributed by atoms with Crippen molar-refractivity contribution in [3.05, 3.63) is 65.0 Å². The van der Waals surface area contributed by atoms with Gasteiger partial charge in [0.2, 0.25) is 0 Å². The summed E-state index contributed by atoms with van der Waals surface area (Å²) in [5, 5.41) is 17.1. The van der Waals surface area contributed by atoms with E-state index in [2.05, 4.69) is 58.9 Å². The lowest BCUT2D eigenvalue weighted by Crippen LogP contribution is -2.17. The Kier molecular flexibility index (Phi) is 4.01. The molecule has 1 aromatic heterocycles.